The molecule has 3 rings (SSSR count). The summed E-state index contributed by atoms with van der Waals surface area (Å²) >= 11 is 0.823. The minimum absolute atomic E-state index is 0.277. The van der Waals surface area contributed by atoms with E-state index in [1.165, 1.54) is 25.2 Å². The summed E-state index contributed by atoms with van der Waals surface area (Å²) in [4.78, 5) is 37.8. The number of carbonyl (C=O) groups is 3. The normalized spacial score (nSPS) is 16.9. The highest BCUT2D eigenvalue weighted by Crippen LogP contribution is 2.34. The van der Waals surface area contributed by atoms with Crippen molar-refractivity contribution in [3.8, 4) is 5.69 Å². The average molecular weight is 384 g/mol. The highest BCUT2D eigenvalue weighted by molar-refractivity contribution is 8.18. The Labute approximate surface area is 161 Å². The molecule has 0 saturated carbocycles. The maximum atomic E-state index is 12.6. The number of carbonyl (C=O) groups excluding carboxylic acids is 3. The van der Waals surface area contributed by atoms with Crippen LogP contribution in [0.25, 0.3) is 11.8 Å². The molecule has 0 spiro atoms. The van der Waals surface area contributed by atoms with Crippen LogP contribution >= 0.6 is 11.8 Å². The third kappa shape index (κ3) is 3.55. The summed E-state index contributed by atoms with van der Waals surface area (Å²) in [7, 11) is 1.23. The van der Waals surface area contributed by atoms with Gasteiger partial charge in [0.25, 0.3) is 11.1 Å². The van der Waals surface area contributed by atoms with Crippen molar-refractivity contribution in [3.63, 3.8) is 0 Å². The standard InChI is InChI=1S/C20H20N2O4S/c1-12-7-8-16(10-13(12)2)21-9-5-6-15(21)11-17-18(23)22(20(25)27-17)14(3)19(24)26-4/h5-11,14H,1-4H3/b17-11+/t14-/m1/s1. The number of imide groups is 1. The molecular weight excluding hydrogens is 364 g/mol. The van der Waals surface area contributed by atoms with Gasteiger partial charge in [-0.15, -0.1) is 0 Å². The lowest BCUT2D eigenvalue weighted by Gasteiger charge is -2.18. The first kappa shape index (κ1) is 19.0. The molecule has 1 aliphatic heterocycles. The first-order chi connectivity index (χ1) is 12.8. The number of hydrogen-bond donors (Lipinski definition) is 0. The number of aryl methyl sites for hydroxylation is 2. The maximum Gasteiger partial charge on any atom is 0.328 e. The van der Waals surface area contributed by atoms with Gasteiger partial charge in [0.1, 0.15) is 6.04 Å². The monoisotopic (exact) mass is 384 g/mol. The van der Waals surface area contributed by atoms with Crippen molar-refractivity contribution in [1.82, 2.24) is 9.47 Å². The molecule has 27 heavy (non-hydrogen) atoms. The second kappa shape index (κ2) is 7.44. The molecule has 2 amide bonds. The van der Waals surface area contributed by atoms with Crippen LogP contribution in [0.5, 0.6) is 0 Å². The Morgan fingerprint density at radius 2 is 1.93 bits per heavy atom. The highest BCUT2D eigenvalue weighted by atomic mass is 32.2. The van der Waals surface area contributed by atoms with Gasteiger partial charge in [-0.3, -0.25) is 14.5 Å². The van der Waals surface area contributed by atoms with Crippen molar-refractivity contribution >= 4 is 35.0 Å². The maximum absolute atomic E-state index is 12.6. The number of rotatable bonds is 4. The Balaban J connectivity index is 1.94. The van der Waals surface area contributed by atoms with Gasteiger partial charge < -0.3 is 9.30 Å². The predicted octanol–water partition coefficient (Wildman–Crippen LogP) is 3.69. The molecule has 1 aliphatic rings. The predicted molar refractivity (Wildman–Crippen MR) is 105 cm³/mol. The van der Waals surface area contributed by atoms with Gasteiger partial charge in [-0.25, -0.2) is 4.79 Å². The molecule has 1 fully saturated rings. The van der Waals surface area contributed by atoms with Crippen molar-refractivity contribution in [1.29, 1.82) is 0 Å². The number of aromatic nitrogens is 1. The first-order valence-electron chi connectivity index (χ1n) is 8.43. The summed E-state index contributed by atoms with van der Waals surface area (Å²) < 4.78 is 6.59. The quantitative estimate of drug-likeness (QED) is 0.594. The zero-order valence-electron chi connectivity index (χ0n) is 15.6. The summed E-state index contributed by atoms with van der Waals surface area (Å²) in [6.07, 6.45) is 3.57. The molecule has 0 N–H and O–H groups in total. The summed E-state index contributed by atoms with van der Waals surface area (Å²) in [5.74, 6) is -1.12. The number of benzene rings is 1. The van der Waals surface area contributed by atoms with E-state index in [1.54, 1.807) is 6.08 Å². The Hall–Kier alpha value is -2.80. The van der Waals surface area contributed by atoms with E-state index in [2.05, 4.69) is 10.8 Å². The molecule has 1 aromatic heterocycles. The Kier molecular flexibility index (Phi) is 5.23. The van der Waals surface area contributed by atoms with E-state index in [-0.39, 0.29) is 4.91 Å². The number of methoxy groups -OCH3 is 1. The minimum Gasteiger partial charge on any atom is -0.467 e. The Morgan fingerprint density at radius 1 is 1.19 bits per heavy atom. The lowest BCUT2D eigenvalue weighted by atomic mass is 10.1. The highest BCUT2D eigenvalue weighted by Gasteiger charge is 2.41. The van der Waals surface area contributed by atoms with Crippen LogP contribution in [0.15, 0.2) is 41.4 Å². The average Bonchev–Trinajstić information content (AvgIpc) is 3.21. The molecule has 0 unspecified atom stereocenters. The van der Waals surface area contributed by atoms with Crippen LogP contribution in [0.3, 0.4) is 0 Å². The van der Waals surface area contributed by atoms with E-state index >= 15 is 0 Å². The lowest BCUT2D eigenvalue weighted by Crippen LogP contribution is -2.42. The SMILES string of the molecule is COC(=O)[C@@H](C)N1C(=O)S/C(=C/c2cccn2-c2ccc(C)c(C)c2)C1=O. The van der Waals surface area contributed by atoms with Gasteiger partial charge in [-0.05, 0) is 74.0 Å². The van der Waals surface area contributed by atoms with Gasteiger partial charge >= 0.3 is 5.97 Å². The molecule has 140 valence electrons. The second-order valence-corrected chi connectivity index (χ2v) is 7.32. The Bertz CT molecular complexity index is 961. The van der Waals surface area contributed by atoms with Gasteiger partial charge in [0.05, 0.1) is 12.0 Å². The fraction of sp³-hybridized carbons (Fsp3) is 0.250. The van der Waals surface area contributed by atoms with Gasteiger partial charge in [-0.1, -0.05) is 6.07 Å². The molecule has 6 nitrogen and oxygen atoms in total. The molecule has 1 atom stereocenters. The fourth-order valence-electron chi connectivity index (χ4n) is 2.85. The summed E-state index contributed by atoms with van der Waals surface area (Å²) in [5, 5.41) is -0.478. The number of amides is 2. The van der Waals surface area contributed by atoms with Crippen LogP contribution in [0.2, 0.25) is 0 Å². The second-order valence-electron chi connectivity index (χ2n) is 6.32. The van der Waals surface area contributed by atoms with Crippen molar-refractivity contribution in [2.75, 3.05) is 7.11 Å². The molecule has 7 heteroatoms. The third-order valence-electron chi connectivity index (χ3n) is 4.58. The lowest BCUT2D eigenvalue weighted by molar-refractivity contribution is -0.148. The third-order valence-corrected chi connectivity index (χ3v) is 5.46. The first-order valence-corrected chi connectivity index (χ1v) is 9.25. The molecule has 1 aromatic carbocycles. The summed E-state index contributed by atoms with van der Waals surface area (Å²) in [6, 6.07) is 8.90. The van der Waals surface area contributed by atoms with E-state index in [0.717, 1.165) is 28.0 Å². The van der Waals surface area contributed by atoms with Crippen molar-refractivity contribution in [2.24, 2.45) is 0 Å². The van der Waals surface area contributed by atoms with Crippen LogP contribution in [0, 0.1) is 13.8 Å². The molecule has 0 aliphatic carbocycles. The molecular formula is C20H20N2O4S. The molecule has 2 heterocycles. The number of thioether (sulfide) groups is 1. The number of nitrogens with zero attached hydrogens (tertiary/aromatic N) is 2. The molecule has 2 aromatic rings. The van der Waals surface area contributed by atoms with E-state index in [4.69, 9.17) is 0 Å². The summed E-state index contributed by atoms with van der Waals surface area (Å²) in [6.45, 7) is 5.57. The van der Waals surface area contributed by atoms with E-state index in [1.807, 2.05) is 48.9 Å². The number of esters is 1. The van der Waals surface area contributed by atoms with Gasteiger partial charge in [0.15, 0.2) is 0 Å². The van der Waals surface area contributed by atoms with E-state index in [0.29, 0.717) is 0 Å². The summed E-state index contributed by atoms with van der Waals surface area (Å²) in [5.41, 5.74) is 4.11. The molecule has 1 saturated heterocycles. The smallest absolute Gasteiger partial charge is 0.328 e. The molecule has 0 bridgehead atoms. The van der Waals surface area contributed by atoms with Crippen molar-refractivity contribution in [3.05, 3.63) is 58.3 Å². The topological polar surface area (TPSA) is 68.6 Å². The van der Waals surface area contributed by atoms with Crippen LogP contribution in [0.4, 0.5) is 4.79 Å². The van der Waals surface area contributed by atoms with Crippen molar-refractivity contribution < 1.29 is 19.1 Å². The largest absolute Gasteiger partial charge is 0.467 e. The van der Waals surface area contributed by atoms with Crippen LogP contribution < -0.4 is 0 Å². The Morgan fingerprint density at radius 3 is 2.59 bits per heavy atom. The number of hydrogen-bond acceptors (Lipinski definition) is 5. The van der Waals surface area contributed by atoms with E-state index < -0.39 is 23.2 Å². The zero-order chi connectivity index (χ0) is 19.7. The van der Waals surface area contributed by atoms with Crippen molar-refractivity contribution in [2.45, 2.75) is 26.8 Å². The minimum atomic E-state index is -0.958. The zero-order valence-corrected chi connectivity index (χ0v) is 16.4. The van der Waals surface area contributed by atoms with Crippen LogP contribution in [-0.2, 0) is 14.3 Å². The van der Waals surface area contributed by atoms with Crippen LogP contribution in [-0.4, -0.2) is 39.7 Å². The van der Waals surface area contributed by atoms with E-state index in [9.17, 15) is 14.4 Å². The molecule has 0 radical (unpaired) electrons. The van der Waals surface area contributed by atoms with Crippen LogP contribution in [0.1, 0.15) is 23.7 Å². The van der Waals surface area contributed by atoms with Gasteiger partial charge in [0.2, 0.25) is 0 Å². The van der Waals surface area contributed by atoms with Gasteiger partial charge in [0, 0.05) is 17.6 Å². The fourth-order valence-corrected chi connectivity index (χ4v) is 3.74. The van der Waals surface area contributed by atoms with Gasteiger partial charge in [-0.2, -0.15) is 0 Å². The number of ether oxygens (including phenoxy) is 1.